The maximum atomic E-state index is 6.69. The zero-order valence-electron chi connectivity index (χ0n) is 28.1. The first kappa shape index (κ1) is 29.3. The van der Waals surface area contributed by atoms with Gasteiger partial charge in [0.15, 0.2) is 0 Å². The maximum Gasteiger partial charge on any atom is 0.131 e. The molecule has 2 aliphatic heterocycles. The molecule has 2 nitrogen and oxygen atoms in total. The van der Waals surface area contributed by atoms with Crippen LogP contribution < -0.4 is 30.4 Å². The minimum Gasteiger partial charge on any atom is -0.484 e. The van der Waals surface area contributed by atoms with Gasteiger partial charge in [-0.15, -0.1) is 0 Å². The van der Waals surface area contributed by atoms with Gasteiger partial charge in [0.05, 0.1) is 5.69 Å². The molecular weight excluding hydrogens is 623 g/mol. The second-order valence-corrected chi connectivity index (χ2v) is 16.6. The number of hydrogen-bond acceptors (Lipinski definition) is 2. The Bertz CT molecular complexity index is 2490. The van der Waals surface area contributed by atoms with Crippen LogP contribution >= 0.6 is 0 Å². The largest absolute Gasteiger partial charge is 0.484 e. The highest BCUT2D eigenvalue weighted by Gasteiger charge is 2.39. The highest BCUT2D eigenvalue weighted by Crippen LogP contribution is 2.48. The van der Waals surface area contributed by atoms with Gasteiger partial charge in [-0.3, -0.25) is 0 Å². The van der Waals surface area contributed by atoms with Crippen molar-refractivity contribution in [2.45, 2.75) is 31.4 Å². The van der Waals surface area contributed by atoms with Gasteiger partial charge in [0.1, 0.15) is 20.7 Å². The van der Waals surface area contributed by atoms with E-state index in [1.807, 2.05) is 0 Å². The van der Waals surface area contributed by atoms with Gasteiger partial charge >= 0.3 is 0 Å². The lowest BCUT2D eigenvalue weighted by Crippen LogP contribution is -2.34. The van der Waals surface area contributed by atoms with Gasteiger partial charge in [-0.1, -0.05) is 134 Å². The van der Waals surface area contributed by atoms with Crippen molar-refractivity contribution in [3.63, 3.8) is 0 Å². The van der Waals surface area contributed by atoms with Gasteiger partial charge in [0.25, 0.3) is 0 Å². The molecule has 6 aromatic rings. The van der Waals surface area contributed by atoms with Gasteiger partial charge in [0, 0.05) is 34.0 Å². The molecule has 0 amide bonds. The van der Waals surface area contributed by atoms with Crippen molar-refractivity contribution in [2.75, 3.05) is 4.90 Å². The molecule has 4 aliphatic rings. The van der Waals surface area contributed by atoms with Crippen molar-refractivity contribution in [2.24, 2.45) is 0 Å². The van der Waals surface area contributed by atoms with Gasteiger partial charge < -0.3 is 9.64 Å². The van der Waals surface area contributed by atoms with Crippen LogP contribution in [0.4, 0.5) is 17.1 Å². The number of rotatable bonds is 5. The smallest absolute Gasteiger partial charge is 0.131 e. The van der Waals surface area contributed by atoms with Gasteiger partial charge in [-0.25, -0.2) is 0 Å². The summed E-state index contributed by atoms with van der Waals surface area (Å²) in [6.45, 7) is 2.48. The monoisotopic (exact) mass is 659 g/mol. The maximum absolute atomic E-state index is 6.69. The second kappa shape index (κ2) is 11.8. The van der Waals surface area contributed by atoms with Crippen LogP contribution in [0, 0.1) is 0 Å². The van der Waals surface area contributed by atoms with Crippen LogP contribution in [-0.2, 0) is 0 Å². The van der Waals surface area contributed by atoms with Crippen molar-refractivity contribution in [3.05, 3.63) is 179 Å². The molecule has 0 radical (unpaired) electrons. The minimum absolute atomic E-state index is 0.0909. The van der Waals surface area contributed by atoms with Crippen LogP contribution in [-0.4, -0.2) is 14.9 Å². The first-order valence-corrected chi connectivity index (χ1v) is 20.2. The van der Waals surface area contributed by atoms with Crippen molar-refractivity contribution >= 4 is 47.9 Å². The molecular formula is C47H37NOSi. The highest BCUT2D eigenvalue weighted by molar-refractivity contribution is 6.88. The lowest BCUT2D eigenvalue weighted by Gasteiger charge is -2.29. The molecule has 2 aliphatic carbocycles. The lowest BCUT2D eigenvalue weighted by molar-refractivity contribution is 0.270. The van der Waals surface area contributed by atoms with Gasteiger partial charge in [-0.2, -0.15) is 0 Å². The van der Waals surface area contributed by atoms with E-state index >= 15 is 0 Å². The topological polar surface area (TPSA) is 12.5 Å². The number of para-hydroxylation sites is 1. The standard InChI is InChI=1S/C47H37NOSi/c1-50-44-29-28-40-39-18-8-10-21-43(39)49-47(40)46(44)41-27-26-35(30-45(41)50)48(42-20-9-7-17-38(42)32-12-3-2-4-13-32)34-24-22-33(23-25-34)37-19-11-15-31-14-5-6-16-36(31)37/h2-10,12-18,20-30,39,43,50H,11,19H2,1H3. The molecule has 0 spiro atoms. The van der Waals surface area contributed by atoms with Crippen molar-refractivity contribution in [3.8, 4) is 28.0 Å². The number of fused-ring (bicyclic) bond motifs is 8. The third-order valence-electron chi connectivity index (χ3n) is 11.2. The van der Waals surface area contributed by atoms with Crippen LogP contribution in [0.5, 0.6) is 5.75 Å². The Hall–Kier alpha value is -5.64. The van der Waals surface area contributed by atoms with Gasteiger partial charge in [-0.05, 0) is 92.3 Å². The Morgan fingerprint density at radius 3 is 2.34 bits per heavy atom. The third-order valence-corrected chi connectivity index (χ3v) is 14.0. The summed E-state index contributed by atoms with van der Waals surface area (Å²) >= 11 is 0. The van der Waals surface area contributed by atoms with E-state index in [1.165, 1.54) is 71.1 Å². The summed E-state index contributed by atoms with van der Waals surface area (Å²) in [5.41, 5.74) is 12.7. The summed E-state index contributed by atoms with van der Waals surface area (Å²) < 4.78 is 6.69. The molecule has 240 valence electrons. The highest BCUT2D eigenvalue weighted by atomic mass is 28.3. The molecule has 0 N–H and O–H groups in total. The van der Waals surface area contributed by atoms with E-state index in [-0.39, 0.29) is 6.10 Å². The molecule has 0 fully saturated rings. The van der Waals surface area contributed by atoms with Crippen LogP contribution in [0.15, 0.2) is 158 Å². The van der Waals surface area contributed by atoms with E-state index in [1.54, 1.807) is 0 Å². The second-order valence-electron chi connectivity index (χ2n) is 13.9. The van der Waals surface area contributed by atoms with Crippen molar-refractivity contribution in [1.82, 2.24) is 0 Å². The molecule has 0 saturated carbocycles. The lowest BCUT2D eigenvalue weighted by atomic mass is 9.90. The molecule has 50 heavy (non-hydrogen) atoms. The predicted molar refractivity (Wildman–Crippen MR) is 212 cm³/mol. The Morgan fingerprint density at radius 2 is 1.44 bits per heavy atom. The predicted octanol–water partition coefficient (Wildman–Crippen LogP) is 8.52. The fourth-order valence-electron chi connectivity index (χ4n) is 8.73. The molecule has 0 saturated heterocycles. The van der Waals surface area contributed by atoms with Crippen LogP contribution in [0.2, 0.25) is 6.55 Å². The summed E-state index contributed by atoms with van der Waals surface area (Å²) in [4.78, 5) is 2.47. The molecule has 0 aromatic heterocycles. The quantitative estimate of drug-likeness (QED) is 0.172. The molecule has 3 unspecified atom stereocenters. The van der Waals surface area contributed by atoms with Crippen molar-refractivity contribution in [1.29, 1.82) is 0 Å². The SMILES string of the molecule is C[SiH]1c2cc(N(c3ccc(C4=c5ccccc5=CCC4)cc3)c3ccccc3-c3ccccc3)ccc2-c2c1ccc1c2OC2C=CC=CC12. The van der Waals surface area contributed by atoms with E-state index in [4.69, 9.17) is 4.74 Å². The summed E-state index contributed by atoms with van der Waals surface area (Å²) in [7, 11) is -1.46. The number of nitrogens with zero attached hydrogens (tertiary/aromatic N) is 1. The van der Waals surface area contributed by atoms with E-state index in [2.05, 4.69) is 175 Å². The Labute approximate surface area is 295 Å². The average Bonchev–Trinajstić information content (AvgIpc) is 3.70. The summed E-state index contributed by atoms with van der Waals surface area (Å²) in [6, 6.07) is 49.6. The molecule has 10 rings (SSSR count). The van der Waals surface area contributed by atoms with Crippen LogP contribution in [0.25, 0.3) is 33.9 Å². The zero-order valence-corrected chi connectivity index (χ0v) is 29.2. The minimum atomic E-state index is -1.46. The van der Waals surface area contributed by atoms with Crippen molar-refractivity contribution < 1.29 is 4.74 Å². The number of benzene rings is 6. The number of allylic oxidation sites excluding steroid dienone is 2. The fourth-order valence-corrected chi connectivity index (χ4v) is 11.3. The third kappa shape index (κ3) is 4.61. The van der Waals surface area contributed by atoms with E-state index in [0.29, 0.717) is 5.92 Å². The summed E-state index contributed by atoms with van der Waals surface area (Å²) in [5, 5.41) is 5.68. The Kier molecular flexibility index (Phi) is 6.88. The molecule has 3 heteroatoms. The summed E-state index contributed by atoms with van der Waals surface area (Å²) in [5.74, 6) is 1.40. The molecule has 2 heterocycles. The molecule has 6 aromatic carbocycles. The fraction of sp³-hybridized carbons (Fsp3) is 0.106. The molecule has 0 bridgehead atoms. The zero-order chi connectivity index (χ0) is 33.2. The van der Waals surface area contributed by atoms with E-state index in [0.717, 1.165) is 24.3 Å². The normalized spacial score (nSPS) is 19.1. The van der Waals surface area contributed by atoms with Crippen LogP contribution in [0.3, 0.4) is 0 Å². The van der Waals surface area contributed by atoms with Crippen LogP contribution in [0.1, 0.15) is 29.9 Å². The number of anilines is 3. The Balaban J connectivity index is 1.12. The summed E-state index contributed by atoms with van der Waals surface area (Å²) in [6.07, 6.45) is 13.4. The number of ether oxygens (including phenoxy) is 1. The van der Waals surface area contributed by atoms with Gasteiger partial charge in [0.2, 0.25) is 0 Å². The molecule has 3 atom stereocenters. The van der Waals surface area contributed by atoms with E-state index < -0.39 is 8.80 Å². The first-order chi connectivity index (χ1) is 24.7. The average molecular weight is 660 g/mol. The number of hydrogen-bond donors (Lipinski definition) is 0. The Morgan fingerprint density at radius 1 is 0.660 bits per heavy atom. The van der Waals surface area contributed by atoms with E-state index in [9.17, 15) is 0 Å². The first-order valence-electron chi connectivity index (χ1n) is 17.9.